The first-order valence-electron chi connectivity index (χ1n) is 7.99. The monoisotopic (exact) mass is 290 g/mol. The number of hydrogen-bond donors (Lipinski definition) is 3. The van der Waals surface area contributed by atoms with Crippen LogP contribution in [0.25, 0.3) is 0 Å². The van der Waals surface area contributed by atoms with Crippen LogP contribution in [0.2, 0.25) is 0 Å². The van der Waals surface area contributed by atoms with Gasteiger partial charge in [0, 0.05) is 5.41 Å². The third-order valence-corrected chi connectivity index (χ3v) is 6.26. The third-order valence-electron chi connectivity index (χ3n) is 6.26. The summed E-state index contributed by atoms with van der Waals surface area (Å²) in [4.78, 5) is 0. The van der Waals surface area contributed by atoms with Crippen LogP contribution in [0, 0.1) is 5.92 Å². The first-order valence-corrected chi connectivity index (χ1v) is 7.99. The molecule has 0 unspecified atom stereocenters. The topological polar surface area (TPSA) is 60.7 Å². The van der Waals surface area contributed by atoms with Crippen LogP contribution in [0.1, 0.15) is 57.6 Å². The fraction of sp³-hybridized carbons (Fsp3) is 0.667. The highest BCUT2D eigenvalue weighted by Crippen LogP contribution is 2.57. The molecule has 0 radical (unpaired) electrons. The van der Waals surface area contributed by atoms with Gasteiger partial charge in [-0.25, -0.2) is 0 Å². The zero-order valence-electron chi connectivity index (χ0n) is 13.2. The van der Waals surface area contributed by atoms with Crippen molar-refractivity contribution in [3.63, 3.8) is 0 Å². The smallest absolute Gasteiger partial charge is 0.115 e. The van der Waals surface area contributed by atoms with Gasteiger partial charge in [-0.2, -0.15) is 0 Å². The average Bonchev–Trinajstić information content (AvgIpc) is 2.39. The Morgan fingerprint density at radius 3 is 2.57 bits per heavy atom. The van der Waals surface area contributed by atoms with Crippen LogP contribution in [-0.2, 0) is 11.8 Å². The van der Waals surface area contributed by atoms with E-state index in [9.17, 15) is 15.3 Å². The van der Waals surface area contributed by atoms with Crippen molar-refractivity contribution in [3.8, 4) is 5.75 Å². The van der Waals surface area contributed by atoms with Gasteiger partial charge in [-0.05, 0) is 75.1 Å². The largest absolute Gasteiger partial charge is 0.508 e. The highest BCUT2D eigenvalue weighted by molar-refractivity contribution is 5.43. The number of phenolic OH excluding ortho intramolecular Hbond substituents is 1. The van der Waals surface area contributed by atoms with Crippen molar-refractivity contribution in [1.29, 1.82) is 0 Å². The summed E-state index contributed by atoms with van der Waals surface area (Å²) in [7, 11) is 0. The Labute approximate surface area is 126 Å². The quantitative estimate of drug-likeness (QED) is 0.745. The van der Waals surface area contributed by atoms with Gasteiger partial charge in [0.1, 0.15) is 5.75 Å². The maximum atomic E-state index is 10.8. The van der Waals surface area contributed by atoms with E-state index in [4.69, 9.17) is 0 Å². The van der Waals surface area contributed by atoms with Gasteiger partial charge in [0.2, 0.25) is 0 Å². The summed E-state index contributed by atoms with van der Waals surface area (Å²) in [5.41, 5.74) is 0.240. The lowest BCUT2D eigenvalue weighted by Crippen LogP contribution is -2.62. The SMILES string of the molecule is CC[C@@]12C[C@@](C)(O)[C@@](C)(O)C[C@H]1CCc1cc(O)ccc12. The molecule has 0 heterocycles. The Morgan fingerprint density at radius 2 is 1.90 bits per heavy atom. The molecule has 0 amide bonds. The number of aromatic hydroxyl groups is 1. The standard InChI is InChI=1S/C18H26O3/c1-4-18-11-17(3,21)16(2,20)10-13(18)6-5-12-9-14(19)7-8-15(12)18/h7-9,13,19-21H,4-6,10-11H2,1-3H3/t13-,16+,17-,18-/m1/s1. The highest BCUT2D eigenvalue weighted by atomic mass is 16.4. The maximum absolute atomic E-state index is 10.8. The van der Waals surface area contributed by atoms with E-state index in [0.717, 1.165) is 19.3 Å². The Kier molecular flexibility index (Phi) is 3.16. The lowest BCUT2D eigenvalue weighted by atomic mass is 9.50. The molecule has 0 bridgehead atoms. The van der Waals surface area contributed by atoms with E-state index in [-0.39, 0.29) is 5.41 Å². The van der Waals surface area contributed by atoms with Crippen molar-refractivity contribution in [2.24, 2.45) is 5.92 Å². The normalized spacial score (nSPS) is 42.2. The minimum absolute atomic E-state index is 0.0903. The molecule has 4 atom stereocenters. The summed E-state index contributed by atoms with van der Waals surface area (Å²) in [6, 6.07) is 5.64. The summed E-state index contributed by atoms with van der Waals surface area (Å²) in [6.45, 7) is 5.69. The molecule has 3 nitrogen and oxygen atoms in total. The van der Waals surface area contributed by atoms with Crippen LogP contribution < -0.4 is 0 Å². The fourth-order valence-corrected chi connectivity index (χ4v) is 4.74. The van der Waals surface area contributed by atoms with Crippen LogP contribution in [0.4, 0.5) is 0 Å². The minimum atomic E-state index is -1.09. The van der Waals surface area contributed by atoms with Gasteiger partial charge in [0.15, 0.2) is 0 Å². The van der Waals surface area contributed by atoms with Gasteiger partial charge in [-0.15, -0.1) is 0 Å². The molecule has 1 aromatic carbocycles. The molecule has 0 aromatic heterocycles. The first-order chi connectivity index (χ1) is 9.72. The van der Waals surface area contributed by atoms with Crippen LogP contribution >= 0.6 is 0 Å². The molecule has 116 valence electrons. The summed E-state index contributed by atoms with van der Waals surface area (Å²) in [6.07, 6.45) is 4.10. The second-order valence-corrected chi connectivity index (χ2v) is 7.52. The molecule has 0 aliphatic heterocycles. The average molecular weight is 290 g/mol. The zero-order valence-corrected chi connectivity index (χ0v) is 13.2. The van der Waals surface area contributed by atoms with Gasteiger partial charge in [0.25, 0.3) is 0 Å². The van der Waals surface area contributed by atoms with Crippen LogP contribution in [0.15, 0.2) is 18.2 Å². The fourth-order valence-electron chi connectivity index (χ4n) is 4.74. The number of fused-ring (bicyclic) bond motifs is 3. The Bertz CT molecular complexity index is 562. The summed E-state index contributed by atoms with van der Waals surface area (Å²) < 4.78 is 0. The van der Waals surface area contributed by atoms with Gasteiger partial charge < -0.3 is 15.3 Å². The van der Waals surface area contributed by atoms with Crippen molar-refractivity contribution in [2.75, 3.05) is 0 Å². The molecule has 1 aromatic rings. The predicted molar refractivity (Wildman–Crippen MR) is 82.4 cm³/mol. The molecule has 2 aliphatic rings. The van der Waals surface area contributed by atoms with E-state index in [1.165, 1.54) is 11.1 Å². The number of rotatable bonds is 1. The van der Waals surface area contributed by atoms with Crippen LogP contribution in [0.5, 0.6) is 5.75 Å². The molecule has 3 rings (SSSR count). The van der Waals surface area contributed by atoms with Gasteiger partial charge in [-0.1, -0.05) is 13.0 Å². The molecule has 0 saturated heterocycles. The Morgan fingerprint density at radius 1 is 1.19 bits per heavy atom. The number of phenols is 1. The van der Waals surface area contributed by atoms with Crippen LogP contribution in [0.3, 0.4) is 0 Å². The molecule has 3 heteroatoms. The molecule has 1 saturated carbocycles. The summed E-state index contributed by atoms with van der Waals surface area (Å²) in [5.74, 6) is 0.697. The van der Waals surface area contributed by atoms with E-state index in [2.05, 4.69) is 6.92 Å². The Hall–Kier alpha value is -1.06. The number of aliphatic hydroxyl groups is 2. The predicted octanol–water partition coefficient (Wildman–Crippen LogP) is 2.90. The third kappa shape index (κ3) is 2.01. The van der Waals surface area contributed by atoms with Gasteiger partial charge >= 0.3 is 0 Å². The van der Waals surface area contributed by atoms with E-state index in [1.807, 2.05) is 12.1 Å². The lowest BCUT2D eigenvalue weighted by molar-refractivity contribution is -0.189. The molecule has 3 N–H and O–H groups in total. The second-order valence-electron chi connectivity index (χ2n) is 7.52. The minimum Gasteiger partial charge on any atom is -0.508 e. The van der Waals surface area contributed by atoms with E-state index < -0.39 is 11.2 Å². The molecule has 0 spiro atoms. The van der Waals surface area contributed by atoms with Crippen molar-refractivity contribution in [2.45, 2.75) is 69.5 Å². The van der Waals surface area contributed by atoms with Crippen molar-refractivity contribution < 1.29 is 15.3 Å². The molecule has 21 heavy (non-hydrogen) atoms. The molecule has 1 fully saturated rings. The van der Waals surface area contributed by atoms with Crippen molar-refractivity contribution in [1.82, 2.24) is 0 Å². The molecular weight excluding hydrogens is 264 g/mol. The summed E-state index contributed by atoms with van der Waals surface area (Å²) in [5, 5.41) is 31.2. The van der Waals surface area contributed by atoms with E-state index in [1.54, 1.807) is 19.9 Å². The number of hydrogen-bond acceptors (Lipinski definition) is 3. The van der Waals surface area contributed by atoms with E-state index in [0.29, 0.717) is 24.5 Å². The second kappa shape index (κ2) is 4.47. The van der Waals surface area contributed by atoms with Crippen molar-refractivity contribution in [3.05, 3.63) is 29.3 Å². The first kappa shape index (κ1) is 14.9. The summed E-state index contributed by atoms with van der Waals surface area (Å²) >= 11 is 0. The Balaban J connectivity index is 2.13. The van der Waals surface area contributed by atoms with Gasteiger partial charge in [-0.3, -0.25) is 0 Å². The number of benzene rings is 1. The van der Waals surface area contributed by atoms with Crippen molar-refractivity contribution >= 4 is 0 Å². The molecule has 2 aliphatic carbocycles. The highest BCUT2D eigenvalue weighted by Gasteiger charge is 2.58. The number of aryl methyl sites for hydroxylation is 1. The van der Waals surface area contributed by atoms with Gasteiger partial charge in [0.05, 0.1) is 11.2 Å². The van der Waals surface area contributed by atoms with Crippen LogP contribution in [-0.4, -0.2) is 26.5 Å². The molecular formula is C18H26O3. The van der Waals surface area contributed by atoms with E-state index >= 15 is 0 Å². The zero-order chi connectivity index (χ0) is 15.5. The lowest BCUT2D eigenvalue weighted by Gasteiger charge is -2.58. The maximum Gasteiger partial charge on any atom is 0.115 e.